The lowest BCUT2D eigenvalue weighted by Crippen LogP contribution is -1.94. The van der Waals surface area contributed by atoms with Gasteiger partial charge in [-0.25, -0.2) is 0 Å². The summed E-state index contributed by atoms with van der Waals surface area (Å²) >= 11 is 0. The van der Waals surface area contributed by atoms with Crippen molar-refractivity contribution in [3.8, 4) is 11.5 Å². The number of aliphatic hydroxyl groups excluding tert-OH is 1. The van der Waals surface area contributed by atoms with E-state index in [4.69, 9.17) is 20.3 Å². The van der Waals surface area contributed by atoms with E-state index < -0.39 is 4.92 Å². The van der Waals surface area contributed by atoms with Gasteiger partial charge in [0.15, 0.2) is 0 Å². The van der Waals surface area contributed by atoms with E-state index in [-0.39, 0.29) is 13.7 Å². The second-order valence-electron chi connectivity index (χ2n) is 4.85. The van der Waals surface area contributed by atoms with Crippen LogP contribution in [0.3, 0.4) is 0 Å². The molecule has 0 unspecified atom stereocenters. The maximum Gasteiger partial charge on any atom is 0.276 e. The maximum absolute atomic E-state index is 10.4. The van der Waals surface area contributed by atoms with Gasteiger partial charge in [-0.3, -0.25) is 10.1 Å². The molecule has 0 fully saturated rings. The number of benzene rings is 2. The fourth-order valence-electron chi connectivity index (χ4n) is 1.87. The Morgan fingerprint density at radius 2 is 1.52 bits per heavy atom. The molecule has 0 heterocycles. The normalized spacial score (nSPS) is 9.04. The Morgan fingerprint density at radius 1 is 1.08 bits per heavy atom. The Kier molecular flexibility index (Phi) is 10.4. The van der Waals surface area contributed by atoms with Crippen LogP contribution in [0.2, 0.25) is 0 Å². The summed E-state index contributed by atoms with van der Waals surface area (Å²) in [4.78, 5) is 10.0. The molecule has 3 N–H and O–H groups in total. The summed E-state index contributed by atoms with van der Waals surface area (Å²) in [6.45, 7) is 5.53. The highest BCUT2D eigenvalue weighted by Crippen LogP contribution is 2.26. The molecule has 0 bridgehead atoms. The molecule has 7 nitrogen and oxygen atoms in total. The first-order chi connectivity index (χ1) is 11.8. The van der Waals surface area contributed by atoms with E-state index in [0.717, 1.165) is 17.0 Å². The highest BCUT2D eigenvalue weighted by molar-refractivity contribution is 5.53. The van der Waals surface area contributed by atoms with Crippen LogP contribution < -0.4 is 15.2 Å². The Bertz CT molecular complexity index is 681. The number of anilines is 1. The van der Waals surface area contributed by atoms with Crippen LogP contribution in [0.25, 0.3) is 0 Å². The van der Waals surface area contributed by atoms with Crippen molar-refractivity contribution in [2.45, 2.75) is 20.8 Å². The first-order valence-electron chi connectivity index (χ1n) is 7.61. The molecule has 0 aliphatic carbocycles. The number of hydrogen-bond acceptors (Lipinski definition) is 6. The van der Waals surface area contributed by atoms with Crippen molar-refractivity contribution in [2.75, 3.05) is 26.6 Å². The standard InChI is InChI=1S/C8H9NO3.C8H11NO.C2H6O.H2/c1-6-7(9(10)11)4-3-5-8(6)12-2;1-6-7(9)4-3-5-8(6)10-2;1-2-3;/h3-5H,1-2H3;3-5H,9H2,1-2H3;3H,2H2,1H3;1H. The number of nitrogens with zero attached hydrogens (tertiary/aromatic N) is 1. The number of methoxy groups -OCH3 is 2. The Hall–Kier alpha value is -2.80. The minimum Gasteiger partial charge on any atom is -0.496 e. The summed E-state index contributed by atoms with van der Waals surface area (Å²) in [6, 6.07) is 10.4. The molecule has 140 valence electrons. The van der Waals surface area contributed by atoms with Gasteiger partial charge in [-0.15, -0.1) is 0 Å². The fraction of sp³-hybridized carbons (Fsp3) is 0.333. The van der Waals surface area contributed by atoms with Crippen LogP contribution in [-0.4, -0.2) is 30.9 Å². The molecule has 0 aliphatic heterocycles. The molecule has 0 atom stereocenters. The molecule has 25 heavy (non-hydrogen) atoms. The quantitative estimate of drug-likeness (QED) is 0.495. The summed E-state index contributed by atoms with van der Waals surface area (Å²) in [5, 5.41) is 18.0. The second-order valence-corrected chi connectivity index (χ2v) is 4.85. The molecule has 2 aromatic carbocycles. The average Bonchev–Trinajstić information content (AvgIpc) is 2.58. The molecule has 7 heteroatoms. The largest absolute Gasteiger partial charge is 0.496 e. The van der Waals surface area contributed by atoms with E-state index in [1.165, 1.54) is 13.2 Å². The third kappa shape index (κ3) is 7.09. The lowest BCUT2D eigenvalue weighted by molar-refractivity contribution is -0.385. The van der Waals surface area contributed by atoms with Crippen LogP contribution in [0.5, 0.6) is 11.5 Å². The van der Waals surface area contributed by atoms with E-state index >= 15 is 0 Å². The molecule has 0 aliphatic rings. The highest BCUT2D eigenvalue weighted by Gasteiger charge is 2.12. The van der Waals surface area contributed by atoms with Crippen LogP contribution in [0.1, 0.15) is 19.5 Å². The zero-order valence-corrected chi connectivity index (χ0v) is 15.3. The summed E-state index contributed by atoms with van der Waals surface area (Å²) < 4.78 is 9.98. The highest BCUT2D eigenvalue weighted by atomic mass is 16.6. The zero-order valence-electron chi connectivity index (χ0n) is 15.3. The number of nitrogen functional groups attached to an aromatic ring is 1. The number of hydrogen-bond donors (Lipinski definition) is 2. The molecular weight excluding hydrogens is 324 g/mol. The van der Waals surface area contributed by atoms with Gasteiger partial charge < -0.3 is 20.3 Å². The van der Waals surface area contributed by atoms with Crippen molar-refractivity contribution >= 4 is 11.4 Å². The van der Waals surface area contributed by atoms with E-state index in [9.17, 15) is 10.1 Å². The summed E-state index contributed by atoms with van der Waals surface area (Å²) in [5.41, 5.74) is 8.05. The van der Waals surface area contributed by atoms with E-state index in [1.54, 1.807) is 33.1 Å². The van der Waals surface area contributed by atoms with Gasteiger partial charge in [-0.05, 0) is 39.0 Å². The molecule has 0 aromatic heterocycles. The number of nitrogens with two attached hydrogens (primary N) is 1. The predicted molar refractivity (Wildman–Crippen MR) is 101 cm³/mol. The van der Waals surface area contributed by atoms with Gasteiger partial charge >= 0.3 is 0 Å². The summed E-state index contributed by atoms with van der Waals surface area (Å²) in [6.07, 6.45) is 0. The van der Waals surface area contributed by atoms with Crippen molar-refractivity contribution in [1.82, 2.24) is 0 Å². The monoisotopic (exact) mass is 352 g/mol. The predicted octanol–water partition coefficient (Wildman–Crippen LogP) is 3.74. The van der Waals surface area contributed by atoms with Crippen molar-refractivity contribution in [2.24, 2.45) is 0 Å². The van der Waals surface area contributed by atoms with Gasteiger partial charge in [-0.2, -0.15) is 0 Å². The minimum absolute atomic E-state index is 0. The van der Waals surface area contributed by atoms with E-state index in [2.05, 4.69) is 0 Å². The van der Waals surface area contributed by atoms with Crippen LogP contribution in [-0.2, 0) is 0 Å². The zero-order chi connectivity index (χ0) is 19.4. The molecule has 2 rings (SSSR count). The second kappa shape index (κ2) is 11.7. The third-order valence-electron chi connectivity index (χ3n) is 3.22. The smallest absolute Gasteiger partial charge is 0.276 e. The lowest BCUT2D eigenvalue weighted by Gasteiger charge is -2.05. The number of rotatable bonds is 3. The molecule has 0 saturated heterocycles. The van der Waals surface area contributed by atoms with Crippen molar-refractivity contribution < 1.29 is 20.9 Å². The summed E-state index contributed by atoms with van der Waals surface area (Å²) in [5.74, 6) is 1.39. The Labute approximate surface area is 149 Å². The van der Waals surface area contributed by atoms with Gasteiger partial charge in [0.1, 0.15) is 11.5 Å². The first-order valence-corrected chi connectivity index (χ1v) is 7.61. The third-order valence-corrected chi connectivity index (χ3v) is 3.22. The first kappa shape index (κ1) is 22.2. The molecule has 2 aromatic rings. The summed E-state index contributed by atoms with van der Waals surface area (Å²) in [7, 11) is 3.13. The number of aliphatic hydroxyl groups is 1. The van der Waals surface area contributed by atoms with Crippen LogP contribution in [0.4, 0.5) is 11.4 Å². The minimum atomic E-state index is -0.419. The van der Waals surface area contributed by atoms with E-state index in [1.807, 2.05) is 25.1 Å². The van der Waals surface area contributed by atoms with E-state index in [0.29, 0.717) is 11.3 Å². The van der Waals surface area contributed by atoms with Crippen molar-refractivity contribution in [3.05, 3.63) is 57.6 Å². The average molecular weight is 352 g/mol. The fourth-order valence-corrected chi connectivity index (χ4v) is 1.87. The van der Waals surface area contributed by atoms with Gasteiger partial charge in [0, 0.05) is 25.4 Å². The molecule has 0 saturated carbocycles. The molecule has 0 radical (unpaired) electrons. The number of nitro groups is 1. The molecular formula is C18H28N2O5. The van der Waals surface area contributed by atoms with Crippen LogP contribution in [0, 0.1) is 24.0 Å². The SMILES string of the molecule is CCO.COc1cccc(N)c1C.COc1cccc([N+](=O)[O-])c1C.[HH]. The number of nitro benzene ring substituents is 1. The molecule has 0 spiro atoms. The molecule has 0 amide bonds. The Morgan fingerprint density at radius 3 is 1.92 bits per heavy atom. The topological polar surface area (TPSA) is 108 Å². The van der Waals surface area contributed by atoms with Gasteiger partial charge in [0.05, 0.1) is 24.7 Å². The lowest BCUT2D eigenvalue weighted by atomic mass is 10.2. The van der Waals surface area contributed by atoms with Crippen LogP contribution in [0.15, 0.2) is 36.4 Å². The van der Waals surface area contributed by atoms with Crippen LogP contribution >= 0.6 is 0 Å². The van der Waals surface area contributed by atoms with Crippen molar-refractivity contribution in [3.63, 3.8) is 0 Å². The van der Waals surface area contributed by atoms with Gasteiger partial charge in [0.25, 0.3) is 5.69 Å². The maximum atomic E-state index is 10.4. The van der Waals surface area contributed by atoms with Gasteiger partial charge in [-0.1, -0.05) is 12.1 Å². The Balaban J connectivity index is 0. The number of ether oxygens (including phenoxy) is 2. The van der Waals surface area contributed by atoms with Crippen molar-refractivity contribution in [1.29, 1.82) is 0 Å². The van der Waals surface area contributed by atoms with Gasteiger partial charge in [0.2, 0.25) is 0 Å².